The second-order valence-electron chi connectivity index (χ2n) is 12.9. The Morgan fingerprint density at radius 1 is 0.809 bits per heavy atom. The van der Waals surface area contributed by atoms with Crippen LogP contribution in [0.3, 0.4) is 0 Å². The average Bonchev–Trinajstić information content (AvgIpc) is 3.41. The minimum Gasteiger partial charge on any atom is -0.405 e. The summed E-state index contributed by atoms with van der Waals surface area (Å²) in [6, 6.07) is 38.8. The van der Waals surface area contributed by atoms with E-state index in [0.717, 1.165) is 27.8 Å². The van der Waals surface area contributed by atoms with Crippen LogP contribution >= 0.6 is 0 Å². The van der Waals surface area contributed by atoms with Crippen molar-refractivity contribution < 1.29 is 31.4 Å². The third kappa shape index (κ3) is 8.64. The van der Waals surface area contributed by atoms with Crippen LogP contribution in [0.1, 0.15) is 38.3 Å². The molecule has 0 aliphatic carbocycles. The summed E-state index contributed by atoms with van der Waals surface area (Å²) in [5, 5.41) is 3.30. The molecule has 0 saturated carbocycles. The van der Waals surface area contributed by atoms with Crippen LogP contribution < -0.4 is 10.4 Å². The van der Waals surface area contributed by atoms with Crippen molar-refractivity contribution in [2.75, 3.05) is 12.9 Å². The first-order chi connectivity index (χ1) is 22.5. The molecule has 3 atom stereocenters. The van der Waals surface area contributed by atoms with E-state index in [1.54, 1.807) is 5.06 Å². The van der Waals surface area contributed by atoms with Crippen LogP contribution in [0.5, 0.6) is 0 Å². The quantitative estimate of drug-likeness (QED) is 0.133. The molecule has 0 amide bonds. The summed E-state index contributed by atoms with van der Waals surface area (Å²) in [6.45, 7) is 6.81. The zero-order valence-electron chi connectivity index (χ0n) is 27.3. The molecule has 1 saturated heterocycles. The van der Waals surface area contributed by atoms with Gasteiger partial charge >= 0.3 is 5.97 Å². The van der Waals surface area contributed by atoms with Crippen molar-refractivity contribution in [1.29, 1.82) is 0 Å². The van der Waals surface area contributed by atoms with Crippen molar-refractivity contribution in [2.24, 2.45) is 0 Å². The van der Waals surface area contributed by atoms with Crippen LogP contribution in [0.15, 0.2) is 121 Å². The first-order valence-corrected chi connectivity index (χ1v) is 19.5. The first kappa shape index (κ1) is 34.7. The van der Waals surface area contributed by atoms with Gasteiger partial charge in [0.15, 0.2) is 0 Å². The number of hydroxylamine groups is 2. The van der Waals surface area contributed by atoms with Crippen molar-refractivity contribution in [3.63, 3.8) is 0 Å². The molecule has 0 unspecified atom stereocenters. The van der Waals surface area contributed by atoms with E-state index in [-0.39, 0.29) is 24.7 Å². The van der Waals surface area contributed by atoms with Crippen LogP contribution in [-0.2, 0) is 46.2 Å². The number of rotatable bonds is 14. The highest BCUT2D eigenvalue weighted by molar-refractivity contribution is 7.86. The van der Waals surface area contributed by atoms with Gasteiger partial charge in [0.2, 0.25) is 0 Å². The van der Waals surface area contributed by atoms with Gasteiger partial charge in [-0.2, -0.15) is 8.42 Å². The molecule has 5 rings (SSSR count). The lowest BCUT2D eigenvalue weighted by atomic mass is 10.0. The van der Waals surface area contributed by atoms with Crippen molar-refractivity contribution in [2.45, 2.75) is 63.6 Å². The maximum Gasteiger partial charge on any atom is 0.326 e. The van der Waals surface area contributed by atoms with Gasteiger partial charge in [-0.1, -0.05) is 142 Å². The van der Waals surface area contributed by atoms with E-state index in [2.05, 4.69) is 45.0 Å². The lowest BCUT2D eigenvalue weighted by molar-refractivity contribution is -0.193. The maximum absolute atomic E-state index is 12.9. The number of benzene rings is 4. The van der Waals surface area contributed by atoms with Gasteiger partial charge in [0, 0.05) is 0 Å². The Hall–Kier alpha value is -3.64. The van der Waals surface area contributed by atoms with Crippen LogP contribution in [0.2, 0.25) is 5.04 Å². The topological polar surface area (TPSA) is 91.4 Å². The van der Waals surface area contributed by atoms with E-state index in [4.69, 9.17) is 18.2 Å². The summed E-state index contributed by atoms with van der Waals surface area (Å²) in [5.74, 6) is -0.426. The van der Waals surface area contributed by atoms with Crippen LogP contribution in [0.25, 0.3) is 0 Å². The molecule has 1 aliphatic heterocycles. The van der Waals surface area contributed by atoms with Crippen molar-refractivity contribution in [1.82, 2.24) is 5.06 Å². The van der Waals surface area contributed by atoms with Crippen LogP contribution in [0.4, 0.5) is 0 Å². The number of carbonyl (C=O) groups excluding carboxylic acids is 1. The molecule has 1 heterocycles. The number of nitrogens with zero attached hydrogens (tertiary/aromatic N) is 1. The van der Waals surface area contributed by atoms with Gasteiger partial charge in [-0.05, 0) is 26.5 Å². The molecule has 0 spiro atoms. The molecule has 0 aromatic heterocycles. The third-order valence-corrected chi connectivity index (χ3v) is 14.0. The fraction of sp³-hybridized carbons (Fsp3) is 0.324. The van der Waals surface area contributed by atoms with Gasteiger partial charge in [0.25, 0.3) is 18.4 Å². The Labute approximate surface area is 279 Å². The van der Waals surface area contributed by atoms with E-state index >= 15 is 0 Å². The van der Waals surface area contributed by atoms with Crippen molar-refractivity contribution in [3.8, 4) is 0 Å². The third-order valence-electron chi connectivity index (χ3n) is 8.36. The highest BCUT2D eigenvalue weighted by Gasteiger charge is 2.52. The summed E-state index contributed by atoms with van der Waals surface area (Å²) in [7, 11) is -7.09. The van der Waals surface area contributed by atoms with Gasteiger partial charge < -0.3 is 14.0 Å². The summed E-state index contributed by atoms with van der Waals surface area (Å²) >= 11 is 0. The SMILES string of the molecule is CC(C)(C)[Si](OC[C@@H](OS(C)(=O)=O)[C@H](OCc1ccccc1)[C@@H]1CC(=O)ON1Cc1ccccc1)(c1ccccc1)c1ccccc1. The molecule has 1 aliphatic rings. The number of hydrogen-bond donors (Lipinski definition) is 0. The second-order valence-corrected chi connectivity index (χ2v) is 18.8. The number of carbonyl (C=O) groups is 1. The Bertz CT molecular complexity index is 1650. The van der Waals surface area contributed by atoms with E-state index < -0.39 is 42.7 Å². The molecule has 8 nitrogen and oxygen atoms in total. The standard InChI is InChI=1S/C37H43NO7SSi/c1-37(2,3)47(31-21-13-7-14-22-31,32-23-15-8-16-24-32)43-28-34(45-46(4,40)41)36(42-27-30-19-11-6-12-20-30)33-25-35(39)44-38(33)26-29-17-9-5-10-18-29/h5-24,33-34,36H,25-28H2,1-4H3/t33-,34+,36+/m0/s1. The fourth-order valence-corrected chi connectivity index (χ4v) is 11.5. The Kier molecular flexibility index (Phi) is 11.1. The molecule has 10 heteroatoms. The predicted octanol–water partition coefficient (Wildman–Crippen LogP) is 5.23. The minimum atomic E-state index is -3.99. The van der Waals surface area contributed by atoms with Gasteiger partial charge in [-0.25, -0.2) is 0 Å². The number of ether oxygens (including phenoxy) is 1. The molecule has 0 bridgehead atoms. The predicted molar refractivity (Wildman–Crippen MR) is 185 cm³/mol. The van der Waals surface area contributed by atoms with E-state index in [9.17, 15) is 13.2 Å². The lowest BCUT2D eigenvalue weighted by Crippen LogP contribution is -2.67. The molecular weight excluding hydrogens is 631 g/mol. The normalized spacial score (nSPS) is 17.3. The fourth-order valence-electron chi connectivity index (χ4n) is 6.30. The van der Waals surface area contributed by atoms with Crippen molar-refractivity contribution >= 4 is 34.8 Å². The Morgan fingerprint density at radius 3 is 1.79 bits per heavy atom. The van der Waals surface area contributed by atoms with E-state index in [1.807, 2.05) is 97.1 Å². The molecule has 1 fully saturated rings. The summed E-state index contributed by atoms with van der Waals surface area (Å²) in [4.78, 5) is 18.6. The largest absolute Gasteiger partial charge is 0.405 e. The lowest BCUT2D eigenvalue weighted by Gasteiger charge is -2.44. The molecule has 0 N–H and O–H groups in total. The molecular formula is C37H43NO7SSi. The smallest absolute Gasteiger partial charge is 0.326 e. The zero-order valence-corrected chi connectivity index (χ0v) is 29.1. The summed E-state index contributed by atoms with van der Waals surface area (Å²) in [5.41, 5.74) is 1.82. The molecule has 4 aromatic rings. The molecule has 47 heavy (non-hydrogen) atoms. The van der Waals surface area contributed by atoms with E-state index in [1.165, 1.54) is 0 Å². The summed E-state index contributed by atoms with van der Waals surface area (Å²) in [6.07, 6.45) is -1.00. The second kappa shape index (κ2) is 15.1. The van der Waals surface area contributed by atoms with Crippen LogP contribution in [-0.4, -0.2) is 58.9 Å². The van der Waals surface area contributed by atoms with Gasteiger partial charge in [-0.3, -0.25) is 8.98 Å². The Morgan fingerprint density at radius 2 is 1.30 bits per heavy atom. The summed E-state index contributed by atoms with van der Waals surface area (Å²) < 4.78 is 45.4. The van der Waals surface area contributed by atoms with Crippen molar-refractivity contribution in [3.05, 3.63) is 132 Å². The highest BCUT2D eigenvalue weighted by Crippen LogP contribution is 2.37. The van der Waals surface area contributed by atoms with Gasteiger partial charge in [0.1, 0.15) is 12.2 Å². The van der Waals surface area contributed by atoms with Gasteiger partial charge in [0.05, 0.1) is 38.5 Å². The first-order valence-electron chi connectivity index (χ1n) is 15.8. The average molecular weight is 674 g/mol. The van der Waals surface area contributed by atoms with Crippen LogP contribution in [0, 0.1) is 0 Å². The monoisotopic (exact) mass is 673 g/mol. The highest BCUT2D eigenvalue weighted by atomic mass is 32.2. The van der Waals surface area contributed by atoms with Gasteiger partial charge in [-0.15, -0.1) is 5.06 Å². The van der Waals surface area contributed by atoms with E-state index in [0.29, 0.717) is 6.54 Å². The Balaban J connectivity index is 1.57. The maximum atomic E-state index is 12.9. The zero-order chi connectivity index (χ0) is 33.5. The molecule has 4 aromatic carbocycles. The number of hydrogen-bond acceptors (Lipinski definition) is 8. The molecule has 0 radical (unpaired) electrons. The molecule has 248 valence electrons. The minimum absolute atomic E-state index is 0.00484.